The minimum Gasteiger partial charge on any atom is -0.508 e. The van der Waals surface area contributed by atoms with Crippen molar-refractivity contribution in [2.75, 3.05) is 5.32 Å². The Labute approximate surface area is 114 Å². The molecule has 2 rings (SSSR count). The van der Waals surface area contributed by atoms with E-state index in [2.05, 4.69) is 5.32 Å². The molecule has 0 spiro atoms. The highest BCUT2D eigenvalue weighted by molar-refractivity contribution is 6.30. The molecule has 0 atom stereocenters. The van der Waals surface area contributed by atoms with Crippen molar-refractivity contribution in [2.45, 2.75) is 6.54 Å². The monoisotopic (exact) mass is 278 g/mol. The molecule has 0 amide bonds. The van der Waals surface area contributed by atoms with E-state index in [4.69, 9.17) is 11.6 Å². The van der Waals surface area contributed by atoms with Crippen LogP contribution in [0.3, 0.4) is 0 Å². The Morgan fingerprint density at radius 2 is 2.00 bits per heavy atom. The van der Waals surface area contributed by atoms with Gasteiger partial charge in [-0.15, -0.1) is 0 Å². The van der Waals surface area contributed by atoms with Crippen LogP contribution in [0.2, 0.25) is 5.02 Å². The minimum absolute atomic E-state index is 0.0102. The maximum Gasteiger partial charge on any atom is 0.292 e. The van der Waals surface area contributed by atoms with Gasteiger partial charge >= 0.3 is 0 Å². The van der Waals surface area contributed by atoms with Crippen LogP contribution in [0.5, 0.6) is 5.75 Å². The van der Waals surface area contributed by atoms with Gasteiger partial charge in [-0.2, -0.15) is 0 Å². The molecular weight excluding hydrogens is 268 g/mol. The number of nitrogens with one attached hydrogen (secondary N) is 1. The topological polar surface area (TPSA) is 75.4 Å². The van der Waals surface area contributed by atoms with Gasteiger partial charge in [-0.3, -0.25) is 10.1 Å². The molecule has 98 valence electrons. The molecule has 0 saturated carbocycles. The van der Waals surface area contributed by atoms with Gasteiger partial charge in [0.1, 0.15) is 11.4 Å². The standard InChI is InChI=1S/C13H11ClN2O3/c14-10-5-6-13(17)9(7-10)8-15-11-3-1-2-4-12(11)16(18)19/h1-7,15,17H,8H2. The predicted octanol–water partition coefficient (Wildman–Crippen LogP) is 3.57. The average molecular weight is 279 g/mol. The Hall–Kier alpha value is -2.27. The lowest BCUT2D eigenvalue weighted by atomic mass is 10.2. The van der Waals surface area contributed by atoms with E-state index >= 15 is 0 Å². The number of nitro benzene ring substituents is 1. The molecule has 19 heavy (non-hydrogen) atoms. The Bertz CT molecular complexity index is 617. The van der Waals surface area contributed by atoms with E-state index in [-0.39, 0.29) is 18.0 Å². The molecule has 0 radical (unpaired) electrons. The van der Waals surface area contributed by atoms with Crippen LogP contribution in [-0.2, 0) is 6.54 Å². The summed E-state index contributed by atoms with van der Waals surface area (Å²) in [7, 11) is 0. The number of aromatic hydroxyl groups is 1. The molecule has 2 N–H and O–H groups in total. The van der Waals surface area contributed by atoms with Gasteiger partial charge < -0.3 is 10.4 Å². The predicted molar refractivity (Wildman–Crippen MR) is 73.5 cm³/mol. The number of halogens is 1. The number of benzene rings is 2. The van der Waals surface area contributed by atoms with E-state index in [0.29, 0.717) is 16.3 Å². The normalized spacial score (nSPS) is 10.2. The van der Waals surface area contributed by atoms with E-state index < -0.39 is 4.92 Å². The lowest BCUT2D eigenvalue weighted by Gasteiger charge is -2.08. The van der Waals surface area contributed by atoms with Gasteiger partial charge in [0.25, 0.3) is 5.69 Å². The molecule has 6 heteroatoms. The molecule has 0 saturated heterocycles. The Morgan fingerprint density at radius 1 is 1.26 bits per heavy atom. The number of phenols is 1. The lowest BCUT2D eigenvalue weighted by Crippen LogP contribution is -2.02. The highest BCUT2D eigenvalue weighted by Gasteiger charge is 2.12. The van der Waals surface area contributed by atoms with Crippen LogP contribution < -0.4 is 5.32 Å². The highest BCUT2D eigenvalue weighted by atomic mass is 35.5. The van der Waals surface area contributed by atoms with Crippen LogP contribution in [-0.4, -0.2) is 10.0 Å². The summed E-state index contributed by atoms with van der Waals surface area (Å²) in [4.78, 5) is 10.4. The number of para-hydroxylation sites is 2. The van der Waals surface area contributed by atoms with Crippen molar-refractivity contribution < 1.29 is 10.0 Å². The van der Waals surface area contributed by atoms with E-state index in [0.717, 1.165) is 0 Å². The third-order valence-electron chi connectivity index (χ3n) is 2.61. The van der Waals surface area contributed by atoms with Gasteiger partial charge in [-0.25, -0.2) is 0 Å². The number of nitrogens with zero attached hydrogens (tertiary/aromatic N) is 1. The molecule has 0 aliphatic rings. The molecule has 2 aromatic rings. The molecule has 0 unspecified atom stereocenters. The number of hydrogen-bond donors (Lipinski definition) is 2. The smallest absolute Gasteiger partial charge is 0.292 e. The largest absolute Gasteiger partial charge is 0.508 e. The molecule has 0 bridgehead atoms. The SMILES string of the molecule is O=[N+]([O-])c1ccccc1NCc1cc(Cl)ccc1O. The fourth-order valence-corrected chi connectivity index (χ4v) is 1.86. The molecule has 0 aromatic heterocycles. The second kappa shape index (κ2) is 5.58. The van der Waals surface area contributed by atoms with Gasteiger partial charge in [0.2, 0.25) is 0 Å². The first kappa shape index (κ1) is 13.2. The van der Waals surface area contributed by atoms with Crippen LogP contribution in [0, 0.1) is 10.1 Å². The highest BCUT2D eigenvalue weighted by Crippen LogP contribution is 2.26. The van der Waals surface area contributed by atoms with Crippen molar-refractivity contribution in [1.29, 1.82) is 0 Å². The number of rotatable bonds is 4. The van der Waals surface area contributed by atoms with E-state index in [1.165, 1.54) is 12.1 Å². The third kappa shape index (κ3) is 3.14. The summed E-state index contributed by atoms with van der Waals surface area (Å²) in [5.74, 6) is 0.0930. The zero-order chi connectivity index (χ0) is 13.8. The zero-order valence-electron chi connectivity index (χ0n) is 9.84. The summed E-state index contributed by atoms with van der Waals surface area (Å²) in [5.41, 5.74) is 0.960. The first-order valence-electron chi connectivity index (χ1n) is 5.52. The summed E-state index contributed by atoms with van der Waals surface area (Å²) in [5, 5.41) is 23.9. The van der Waals surface area contributed by atoms with Gasteiger partial charge in [0, 0.05) is 23.2 Å². The van der Waals surface area contributed by atoms with Gasteiger partial charge in [-0.05, 0) is 24.3 Å². The minimum atomic E-state index is -0.458. The number of nitro groups is 1. The number of anilines is 1. The van der Waals surface area contributed by atoms with Crippen molar-refractivity contribution >= 4 is 23.0 Å². The van der Waals surface area contributed by atoms with Crippen LogP contribution >= 0.6 is 11.6 Å². The summed E-state index contributed by atoms with van der Waals surface area (Å²) in [6, 6.07) is 11.0. The third-order valence-corrected chi connectivity index (χ3v) is 2.85. The van der Waals surface area contributed by atoms with Gasteiger partial charge in [-0.1, -0.05) is 23.7 Å². The summed E-state index contributed by atoms with van der Waals surface area (Å²) in [6.07, 6.45) is 0. The van der Waals surface area contributed by atoms with Crippen LogP contribution in [0.25, 0.3) is 0 Å². The maximum atomic E-state index is 10.8. The van der Waals surface area contributed by atoms with Crippen molar-refractivity contribution in [3.8, 4) is 5.75 Å². The molecule has 2 aromatic carbocycles. The zero-order valence-corrected chi connectivity index (χ0v) is 10.6. The number of phenolic OH excluding ortho intramolecular Hbond substituents is 1. The maximum absolute atomic E-state index is 10.8. The molecule has 5 nitrogen and oxygen atoms in total. The van der Waals surface area contributed by atoms with E-state index in [1.807, 2.05) is 0 Å². The fourth-order valence-electron chi connectivity index (χ4n) is 1.67. The molecule has 0 heterocycles. The van der Waals surface area contributed by atoms with Crippen molar-refractivity contribution in [3.05, 3.63) is 63.2 Å². The molecule has 0 aliphatic heterocycles. The number of hydrogen-bond acceptors (Lipinski definition) is 4. The van der Waals surface area contributed by atoms with Crippen LogP contribution in [0.1, 0.15) is 5.56 Å². The summed E-state index contributed by atoms with van der Waals surface area (Å²) < 4.78 is 0. The van der Waals surface area contributed by atoms with Crippen molar-refractivity contribution in [3.63, 3.8) is 0 Å². The van der Waals surface area contributed by atoms with Crippen LogP contribution in [0.4, 0.5) is 11.4 Å². The Morgan fingerprint density at radius 3 is 2.74 bits per heavy atom. The lowest BCUT2D eigenvalue weighted by molar-refractivity contribution is -0.384. The van der Waals surface area contributed by atoms with Gasteiger partial charge in [0.15, 0.2) is 0 Å². The Balaban J connectivity index is 2.19. The fraction of sp³-hybridized carbons (Fsp3) is 0.0769. The van der Waals surface area contributed by atoms with Crippen molar-refractivity contribution in [1.82, 2.24) is 0 Å². The van der Waals surface area contributed by atoms with E-state index in [9.17, 15) is 15.2 Å². The molecular formula is C13H11ClN2O3. The van der Waals surface area contributed by atoms with Crippen LogP contribution in [0.15, 0.2) is 42.5 Å². The first-order chi connectivity index (χ1) is 9.08. The first-order valence-corrected chi connectivity index (χ1v) is 5.90. The van der Waals surface area contributed by atoms with E-state index in [1.54, 1.807) is 30.3 Å². The quantitative estimate of drug-likeness (QED) is 0.662. The Kier molecular flexibility index (Phi) is 3.87. The van der Waals surface area contributed by atoms with Crippen molar-refractivity contribution in [2.24, 2.45) is 0 Å². The average Bonchev–Trinajstić information content (AvgIpc) is 2.40. The molecule has 0 fully saturated rings. The van der Waals surface area contributed by atoms with Gasteiger partial charge in [0.05, 0.1) is 4.92 Å². The summed E-state index contributed by atoms with van der Waals surface area (Å²) in [6.45, 7) is 0.247. The summed E-state index contributed by atoms with van der Waals surface area (Å²) >= 11 is 5.83. The molecule has 0 aliphatic carbocycles. The second-order valence-corrected chi connectivity index (χ2v) is 4.34. The second-order valence-electron chi connectivity index (χ2n) is 3.90.